The van der Waals surface area contributed by atoms with Crippen LogP contribution in [-0.2, 0) is 22.7 Å². The summed E-state index contributed by atoms with van der Waals surface area (Å²) in [6.07, 6.45) is 1.07. The number of hydrogen-bond acceptors (Lipinski definition) is 4. The van der Waals surface area contributed by atoms with Crippen molar-refractivity contribution in [3.8, 4) is 11.5 Å². The van der Waals surface area contributed by atoms with Gasteiger partial charge in [0.25, 0.3) is 0 Å². The molecule has 0 heterocycles. The average molecular weight is 461 g/mol. The van der Waals surface area contributed by atoms with Crippen LogP contribution in [0.1, 0.15) is 42.5 Å². The van der Waals surface area contributed by atoms with Gasteiger partial charge in [0.15, 0.2) is 0 Å². The van der Waals surface area contributed by atoms with E-state index in [9.17, 15) is 9.59 Å². The van der Waals surface area contributed by atoms with Gasteiger partial charge in [0.1, 0.15) is 17.5 Å². The van der Waals surface area contributed by atoms with E-state index in [0.717, 1.165) is 28.2 Å². The van der Waals surface area contributed by atoms with Crippen LogP contribution in [0.2, 0.25) is 0 Å². The second-order valence-corrected chi connectivity index (χ2v) is 8.00. The van der Waals surface area contributed by atoms with Crippen molar-refractivity contribution in [1.29, 1.82) is 0 Å². The van der Waals surface area contributed by atoms with Gasteiger partial charge in [0.05, 0.1) is 14.2 Å². The summed E-state index contributed by atoms with van der Waals surface area (Å²) < 4.78 is 10.5. The zero-order valence-corrected chi connectivity index (χ0v) is 20.0. The van der Waals surface area contributed by atoms with Gasteiger partial charge in [0, 0.05) is 19.5 Å². The molecule has 6 nitrogen and oxygen atoms in total. The summed E-state index contributed by atoms with van der Waals surface area (Å²) in [7, 11) is 3.23. The Morgan fingerprint density at radius 1 is 0.824 bits per heavy atom. The Morgan fingerprint density at radius 3 is 1.91 bits per heavy atom. The summed E-state index contributed by atoms with van der Waals surface area (Å²) in [4.78, 5) is 28.4. The number of rotatable bonds is 11. The molecule has 1 N–H and O–H groups in total. The lowest BCUT2D eigenvalue weighted by atomic mass is 10.0. The van der Waals surface area contributed by atoms with Crippen LogP contribution in [0.25, 0.3) is 0 Å². The van der Waals surface area contributed by atoms with Crippen LogP contribution in [0.5, 0.6) is 11.5 Å². The molecule has 3 rings (SSSR count). The lowest BCUT2D eigenvalue weighted by Crippen LogP contribution is -2.43. The fraction of sp³-hybridized carbons (Fsp3) is 0.286. The Morgan fingerprint density at radius 2 is 1.38 bits per heavy atom. The van der Waals surface area contributed by atoms with Gasteiger partial charge in [-0.1, -0.05) is 61.5 Å². The summed E-state index contributed by atoms with van der Waals surface area (Å²) in [6.45, 7) is 2.63. The molecule has 0 fully saturated rings. The summed E-state index contributed by atoms with van der Waals surface area (Å²) in [5, 5.41) is 3.02. The first-order valence-corrected chi connectivity index (χ1v) is 11.4. The normalized spacial score (nSPS) is 11.4. The molecule has 0 aliphatic rings. The molecule has 0 spiro atoms. The number of nitrogens with zero attached hydrogens (tertiary/aromatic N) is 1. The molecule has 3 aromatic carbocycles. The molecular weight excluding hydrogens is 428 g/mol. The molecule has 0 aromatic heterocycles. The molecular formula is C28H32N2O4. The van der Waals surface area contributed by atoms with Crippen LogP contribution in [0.4, 0.5) is 0 Å². The first kappa shape index (κ1) is 24.8. The van der Waals surface area contributed by atoms with Gasteiger partial charge in [-0.15, -0.1) is 0 Å². The van der Waals surface area contributed by atoms with Crippen LogP contribution >= 0.6 is 0 Å². The van der Waals surface area contributed by atoms with Crippen LogP contribution in [0.3, 0.4) is 0 Å². The molecule has 0 unspecified atom stereocenters. The van der Waals surface area contributed by atoms with Crippen LogP contribution in [-0.4, -0.2) is 30.9 Å². The number of ether oxygens (including phenoxy) is 2. The third-order valence-corrected chi connectivity index (χ3v) is 5.60. The van der Waals surface area contributed by atoms with E-state index in [4.69, 9.17) is 9.47 Å². The lowest BCUT2D eigenvalue weighted by molar-refractivity contribution is -0.141. The highest BCUT2D eigenvalue weighted by molar-refractivity contribution is 5.88. The summed E-state index contributed by atoms with van der Waals surface area (Å²) >= 11 is 0. The van der Waals surface area contributed by atoms with Crippen LogP contribution in [0.15, 0.2) is 78.9 Å². The Hall–Kier alpha value is -3.80. The van der Waals surface area contributed by atoms with Crippen molar-refractivity contribution in [2.45, 2.75) is 38.9 Å². The number of nitrogens with one attached hydrogen (secondary N) is 1. The van der Waals surface area contributed by atoms with Gasteiger partial charge < -0.3 is 19.7 Å². The maximum Gasteiger partial charge on any atom is 0.247 e. The predicted octanol–water partition coefficient (Wildman–Crippen LogP) is 4.89. The molecule has 0 bridgehead atoms. The van der Waals surface area contributed by atoms with Crippen molar-refractivity contribution in [3.63, 3.8) is 0 Å². The van der Waals surface area contributed by atoms with Gasteiger partial charge in [-0.05, 0) is 47.4 Å². The van der Waals surface area contributed by atoms with Crippen molar-refractivity contribution in [2.75, 3.05) is 14.2 Å². The van der Waals surface area contributed by atoms with Crippen molar-refractivity contribution in [2.24, 2.45) is 0 Å². The standard InChI is InChI=1S/C28H32N2O4/c1-4-8-26(31)30(20-22-13-17-25(34-3)18-14-22)27(23-9-6-5-7-10-23)28(32)29-19-21-11-15-24(33-2)16-12-21/h5-7,9-18,27H,4,8,19-20H2,1-3H3,(H,29,32)/t27-/m1/s1. The largest absolute Gasteiger partial charge is 0.497 e. The van der Waals surface area contributed by atoms with E-state index in [1.54, 1.807) is 19.1 Å². The molecule has 6 heteroatoms. The minimum atomic E-state index is -0.749. The van der Waals surface area contributed by atoms with E-state index in [1.165, 1.54) is 0 Å². The average Bonchev–Trinajstić information content (AvgIpc) is 2.88. The van der Waals surface area contributed by atoms with Crippen LogP contribution < -0.4 is 14.8 Å². The monoisotopic (exact) mass is 460 g/mol. The van der Waals surface area contributed by atoms with Gasteiger partial charge >= 0.3 is 0 Å². The van der Waals surface area contributed by atoms with Crippen molar-refractivity contribution < 1.29 is 19.1 Å². The zero-order chi connectivity index (χ0) is 24.3. The summed E-state index contributed by atoms with van der Waals surface area (Å²) in [6, 6.07) is 23.8. The van der Waals surface area contributed by atoms with E-state index in [1.807, 2.05) is 85.8 Å². The second kappa shape index (κ2) is 12.4. The first-order valence-electron chi connectivity index (χ1n) is 11.4. The van der Waals surface area contributed by atoms with Crippen molar-refractivity contribution in [1.82, 2.24) is 10.2 Å². The van der Waals surface area contributed by atoms with E-state index >= 15 is 0 Å². The zero-order valence-electron chi connectivity index (χ0n) is 20.0. The van der Waals surface area contributed by atoms with Gasteiger partial charge in [-0.3, -0.25) is 9.59 Å². The number of hydrogen-bond donors (Lipinski definition) is 1. The molecule has 0 saturated carbocycles. The molecule has 0 radical (unpaired) electrons. The smallest absolute Gasteiger partial charge is 0.247 e. The van der Waals surface area contributed by atoms with Gasteiger partial charge in [0.2, 0.25) is 11.8 Å². The van der Waals surface area contributed by atoms with Gasteiger partial charge in [-0.25, -0.2) is 0 Å². The Bertz CT molecular complexity index is 1050. The van der Waals surface area contributed by atoms with Crippen molar-refractivity contribution in [3.05, 3.63) is 95.6 Å². The number of amides is 2. The Labute approximate surface area is 201 Å². The Balaban J connectivity index is 1.88. The highest BCUT2D eigenvalue weighted by Gasteiger charge is 2.31. The quantitative estimate of drug-likeness (QED) is 0.442. The number of carbonyl (C=O) groups excluding carboxylic acids is 2. The predicted molar refractivity (Wildman–Crippen MR) is 132 cm³/mol. The van der Waals surface area contributed by atoms with E-state index < -0.39 is 6.04 Å². The molecule has 178 valence electrons. The second-order valence-electron chi connectivity index (χ2n) is 8.00. The fourth-order valence-corrected chi connectivity index (χ4v) is 3.75. The minimum absolute atomic E-state index is 0.0632. The molecule has 3 aromatic rings. The molecule has 0 aliphatic carbocycles. The minimum Gasteiger partial charge on any atom is -0.497 e. The van der Waals surface area contributed by atoms with E-state index in [0.29, 0.717) is 25.9 Å². The highest BCUT2D eigenvalue weighted by Crippen LogP contribution is 2.26. The molecule has 34 heavy (non-hydrogen) atoms. The molecule has 1 atom stereocenters. The number of benzene rings is 3. The first-order chi connectivity index (χ1) is 16.5. The number of methoxy groups -OCH3 is 2. The Kier molecular flexibility index (Phi) is 9.09. The van der Waals surface area contributed by atoms with E-state index in [2.05, 4.69) is 5.32 Å². The van der Waals surface area contributed by atoms with Crippen molar-refractivity contribution >= 4 is 11.8 Å². The maximum atomic E-state index is 13.5. The summed E-state index contributed by atoms with van der Waals surface area (Å²) in [5.41, 5.74) is 2.64. The topological polar surface area (TPSA) is 67.9 Å². The molecule has 2 amide bonds. The number of carbonyl (C=O) groups is 2. The lowest BCUT2D eigenvalue weighted by Gasteiger charge is -2.31. The molecule has 0 saturated heterocycles. The third-order valence-electron chi connectivity index (χ3n) is 5.60. The SMILES string of the molecule is CCCC(=O)N(Cc1ccc(OC)cc1)[C@@H](C(=O)NCc1ccc(OC)cc1)c1ccccc1. The highest BCUT2D eigenvalue weighted by atomic mass is 16.5. The fourth-order valence-electron chi connectivity index (χ4n) is 3.75. The van der Waals surface area contributed by atoms with Gasteiger partial charge in [-0.2, -0.15) is 0 Å². The third kappa shape index (κ3) is 6.61. The van der Waals surface area contributed by atoms with E-state index in [-0.39, 0.29) is 11.8 Å². The maximum absolute atomic E-state index is 13.5. The molecule has 0 aliphatic heterocycles. The summed E-state index contributed by atoms with van der Waals surface area (Å²) in [5.74, 6) is 1.21. The van der Waals surface area contributed by atoms with Crippen LogP contribution in [0, 0.1) is 0 Å².